The number of carbonyl (C=O) groups is 5. The first kappa shape index (κ1) is 36.4. The Balaban J connectivity index is 0.754. The van der Waals surface area contributed by atoms with Crippen LogP contribution in [0.25, 0.3) is 0 Å². The lowest BCUT2D eigenvalue weighted by Gasteiger charge is -2.44. The lowest BCUT2D eigenvalue weighted by Crippen LogP contribution is -2.55. The van der Waals surface area contributed by atoms with E-state index >= 15 is 0 Å². The van der Waals surface area contributed by atoms with Gasteiger partial charge in [0.15, 0.2) is 0 Å². The second kappa shape index (κ2) is 15.3. The van der Waals surface area contributed by atoms with Crippen molar-refractivity contribution in [2.24, 2.45) is 5.92 Å². The van der Waals surface area contributed by atoms with Crippen LogP contribution in [-0.4, -0.2) is 113 Å². The number of rotatable bonds is 9. The van der Waals surface area contributed by atoms with Crippen LogP contribution in [0.4, 0.5) is 11.5 Å². The third kappa shape index (κ3) is 7.56. The van der Waals surface area contributed by atoms with Crippen molar-refractivity contribution in [2.75, 3.05) is 55.6 Å². The quantitative estimate of drug-likeness (QED) is 0.305. The molecular weight excluding hydrogens is 726 g/mol. The molecule has 5 aliphatic rings. The van der Waals surface area contributed by atoms with E-state index in [2.05, 4.69) is 35.3 Å². The molecule has 1 saturated carbocycles. The molecule has 3 aromatic rings. The van der Waals surface area contributed by atoms with Gasteiger partial charge in [-0.05, 0) is 62.4 Å². The number of anilines is 2. The second-order valence-corrected chi connectivity index (χ2v) is 15.2. The summed E-state index contributed by atoms with van der Waals surface area (Å²) in [5.74, 6) is -0.393. The fraction of sp³-hybridized carbons (Fsp3) is 0.436. The summed E-state index contributed by atoms with van der Waals surface area (Å²) in [6, 6.07) is 11.4. The van der Waals surface area contributed by atoms with Gasteiger partial charge in [0.25, 0.3) is 17.7 Å². The largest absolute Gasteiger partial charge is 0.490 e. The Hall–Kier alpha value is -5.59. The van der Waals surface area contributed by atoms with Gasteiger partial charge in [0.2, 0.25) is 11.8 Å². The number of ether oxygens (including phenoxy) is 1. The van der Waals surface area contributed by atoms with Crippen LogP contribution in [0.15, 0.2) is 48.8 Å². The van der Waals surface area contributed by atoms with Crippen molar-refractivity contribution in [3.05, 3.63) is 76.2 Å². The number of hydrogen-bond acceptors (Lipinski definition) is 12. The highest BCUT2D eigenvalue weighted by Gasteiger charge is 2.45. The van der Waals surface area contributed by atoms with Crippen LogP contribution in [0.2, 0.25) is 5.02 Å². The summed E-state index contributed by atoms with van der Waals surface area (Å²) in [7, 11) is 0. The number of nitriles is 1. The molecule has 5 heterocycles. The highest BCUT2D eigenvalue weighted by Crippen LogP contribution is 2.32. The predicted molar refractivity (Wildman–Crippen MR) is 200 cm³/mol. The van der Waals surface area contributed by atoms with E-state index in [4.69, 9.17) is 21.6 Å². The third-order valence-corrected chi connectivity index (χ3v) is 11.5. The SMILES string of the molecule is N#Cc1ccc(OC2CCC(NC(=O)c3cnc(N4CC(CN5CCN(c6ccc7c(c6)C(=O)N(C6CCC(=O)NC6=O)C7=O)CC5)C4)cn3)CC2)cc1Cl. The molecular formula is C39H40ClN9O6. The first-order chi connectivity index (χ1) is 26.6. The fourth-order valence-electron chi connectivity index (χ4n) is 8.12. The lowest BCUT2D eigenvalue weighted by molar-refractivity contribution is -0.136. The minimum Gasteiger partial charge on any atom is -0.490 e. The van der Waals surface area contributed by atoms with E-state index < -0.39 is 29.7 Å². The average Bonchev–Trinajstić information content (AvgIpc) is 3.42. The first-order valence-electron chi connectivity index (χ1n) is 18.7. The Morgan fingerprint density at radius 2 is 1.67 bits per heavy atom. The van der Waals surface area contributed by atoms with E-state index in [0.29, 0.717) is 27.8 Å². The molecule has 16 heteroatoms. The maximum absolute atomic E-state index is 13.3. The Bertz CT molecular complexity index is 2070. The lowest BCUT2D eigenvalue weighted by atomic mass is 9.93. The van der Waals surface area contributed by atoms with Gasteiger partial charge in [-0.2, -0.15) is 5.26 Å². The molecule has 1 aromatic heterocycles. The van der Waals surface area contributed by atoms with Crippen LogP contribution in [0.1, 0.15) is 75.3 Å². The molecule has 0 spiro atoms. The maximum atomic E-state index is 13.3. The summed E-state index contributed by atoms with van der Waals surface area (Å²) < 4.78 is 6.06. The summed E-state index contributed by atoms with van der Waals surface area (Å²) in [4.78, 5) is 80.0. The van der Waals surface area contributed by atoms with Gasteiger partial charge in [-0.25, -0.2) is 9.97 Å². The monoisotopic (exact) mass is 765 g/mol. The molecule has 284 valence electrons. The minimum atomic E-state index is -0.981. The Morgan fingerprint density at radius 1 is 0.909 bits per heavy atom. The van der Waals surface area contributed by atoms with Crippen LogP contribution in [-0.2, 0) is 9.59 Å². The number of fused-ring (bicyclic) bond motifs is 1. The molecule has 5 amide bonds. The number of hydrogen-bond donors (Lipinski definition) is 2. The van der Waals surface area contributed by atoms with Gasteiger partial charge < -0.3 is 19.9 Å². The zero-order chi connectivity index (χ0) is 38.2. The molecule has 4 aliphatic heterocycles. The highest BCUT2D eigenvalue weighted by molar-refractivity contribution is 6.31. The van der Waals surface area contributed by atoms with E-state index in [1.54, 1.807) is 36.5 Å². The van der Waals surface area contributed by atoms with Crippen molar-refractivity contribution in [1.82, 2.24) is 30.4 Å². The minimum absolute atomic E-state index is 0.0155. The maximum Gasteiger partial charge on any atom is 0.271 e. The number of piperazine rings is 1. The fourth-order valence-corrected chi connectivity index (χ4v) is 8.33. The zero-order valence-electron chi connectivity index (χ0n) is 30.1. The van der Waals surface area contributed by atoms with Crippen LogP contribution in [0, 0.1) is 17.2 Å². The van der Waals surface area contributed by atoms with E-state index in [0.717, 1.165) is 87.9 Å². The number of nitrogens with one attached hydrogen (secondary N) is 2. The average molecular weight is 766 g/mol. The van der Waals surface area contributed by atoms with Gasteiger partial charge in [0, 0.05) is 75.9 Å². The number of benzene rings is 2. The van der Waals surface area contributed by atoms with Gasteiger partial charge in [0.05, 0.1) is 40.2 Å². The molecule has 15 nitrogen and oxygen atoms in total. The topological polar surface area (TPSA) is 181 Å². The normalized spacial score (nSPS) is 23.2. The molecule has 8 rings (SSSR count). The van der Waals surface area contributed by atoms with Crippen molar-refractivity contribution in [3.63, 3.8) is 0 Å². The van der Waals surface area contributed by atoms with E-state index in [1.165, 1.54) is 6.20 Å². The van der Waals surface area contributed by atoms with Crippen LogP contribution in [0.5, 0.6) is 5.75 Å². The summed E-state index contributed by atoms with van der Waals surface area (Å²) >= 11 is 6.13. The molecule has 55 heavy (non-hydrogen) atoms. The second-order valence-electron chi connectivity index (χ2n) is 14.8. The molecule has 4 fully saturated rings. The predicted octanol–water partition coefficient (Wildman–Crippen LogP) is 2.78. The molecule has 1 unspecified atom stereocenters. The van der Waals surface area contributed by atoms with E-state index in [-0.39, 0.29) is 42.2 Å². The summed E-state index contributed by atoms with van der Waals surface area (Å²) in [5.41, 5.74) is 2.13. The van der Waals surface area contributed by atoms with Gasteiger partial charge >= 0.3 is 0 Å². The Labute approximate surface area is 322 Å². The number of carbonyl (C=O) groups excluding carboxylic acids is 5. The van der Waals surface area contributed by atoms with Crippen LogP contribution < -0.4 is 25.2 Å². The molecule has 0 bridgehead atoms. The molecule has 3 saturated heterocycles. The zero-order valence-corrected chi connectivity index (χ0v) is 30.8. The summed E-state index contributed by atoms with van der Waals surface area (Å²) in [6.07, 6.45) is 6.55. The summed E-state index contributed by atoms with van der Waals surface area (Å²) in [5, 5.41) is 14.8. The molecule has 2 aromatic carbocycles. The number of piperidine rings is 1. The molecule has 2 N–H and O–H groups in total. The van der Waals surface area contributed by atoms with Crippen molar-refractivity contribution >= 4 is 52.6 Å². The van der Waals surface area contributed by atoms with Gasteiger partial charge in [-0.1, -0.05) is 11.6 Å². The molecule has 1 aliphatic carbocycles. The number of aromatic nitrogens is 2. The first-order valence-corrected chi connectivity index (χ1v) is 19.1. The molecule has 1 atom stereocenters. The summed E-state index contributed by atoms with van der Waals surface area (Å²) in [6.45, 7) is 5.90. The van der Waals surface area contributed by atoms with Crippen molar-refractivity contribution in [3.8, 4) is 11.8 Å². The van der Waals surface area contributed by atoms with Gasteiger partial charge in [-0.15, -0.1) is 0 Å². The van der Waals surface area contributed by atoms with Gasteiger partial charge in [0.1, 0.15) is 29.4 Å². The van der Waals surface area contributed by atoms with Crippen molar-refractivity contribution in [1.29, 1.82) is 5.26 Å². The van der Waals surface area contributed by atoms with Crippen molar-refractivity contribution < 1.29 is 28.7 Å². The van der Waals surface area contributed by atoms with Gasteiger partial charge in [-0.3, -0.25) is 39.1 Å². The smallest absolute Gasteiger partial charge is 0.271 e. The van der Waals surface area contributed by atoms with Crippen LogP contribution in [0.3, 0.4) is 0 Å². The van der Waals surface area contributed by atoms with Crippen molar-refractivity contribution in [2.45, 2.75) is 56.7 Å². The molecule has 0 radical (unpaired) electrons. The number of amides is 5. The number of nitrogens with zero attached hydrogens (tertiary/aromatic N) is 7. The Morgan fingerprint density at radius 3 is 2.36 bits per heavy atom. The number of imide groups is 2. The van der Waals surface area contributed by atoms with Crippen LogP contribution >= 0.6 is 11.6 Å². The number of halogens is 1. The third-order valence-electron chi connectivity index (χ3n) is 11.2. The van der Waals surface area contributed by atoms with E-state index in [9.17, 15) is 24.0 Å². The Kier molecular flexibility index (Phi) is 10.1. The standard InChI is InChI=1S/C39H40ClN9O6/c40-31-16-28(5-1-24(31)17-41)55-27-6-2-25(3-7-27)44-36(51)32-18-43-34(19-42-32)48-21-23(22-48)20-46-11-13-47(14-12-46)26-4-8-29-30(15-26)39(54)49(38(29)53)33-9-10-35(50)45-37(33)52/h1,4-5,8,15-16,18-19,23,25,27,33H,2-3,6-7,9-14,20-22H2,(H,44,51)(H,45,50,52). The highest BCUT2D eigenvalue weighted by atomic mass is 35.5. The van der Waals surface area contributed by atoms with E-state index in [1.807, 2.05) is 12.1 Å².